The first-order chi connectivity index (χ1) is 8.75. The van der Waals surface area contributed by atoms with Crippen molar-refractivity contribution in [1.29, 1.82) is 0 Å². The quantitative estimate of drug-likeness (QED) is 0.605. The van der Waals surface area contributed by atoms with E-state index < -0.39 is 0 Å². The number of Topliss-reactive ketones (excluding diaryl/α,β-unsaturated/α-hetero) is 2. The molecular weight excluding hydrogens is 224 g/mol. The molecule has 0 aromatic heterocycles. The highest BCUT2D eigenvalue weighted by atomic mass is 16.1. The topological polar surface area (TPSA) is 34.1 Å². The Morgan fingerprint density at radius 3 is 1.72 bits per heavy atom. The van der Waals surface area contributed by atoms with E-state index in [0.717, 1.165) is 24.0 Å². The molecule has 5 aliphatic carbocycles. The van der Waals surface area contributed by atoms with Crippen LogP contribution in [0.2, 0.25) is 0 Å². The maximum absolute atomic E-state index is 12.7. The third kappa shape index (κ3) is 0.837. The van der Waals surface area contributed by atoms with Crippen LogP contribution in [-0.2, 0) is 9.59 Å². The van der Waals surface area contributed by atoms with Gasteiger partial charge in [-0.1, -0.05) is 24.3 Å². The molecule has 5 rings (SSSR count). The molecule has 0 aliphatic heterocycles. The van der Waals surface area contributed by atoms with Gasteiger partial charge in [0.15, 0.2) is 11.6 Å². The van der Waals surface area contributed by atoms with Gasteiger partial charge < -0.3 is 0 Å². The molecule has 2 heteroatoms. The molecule has 6 unspecified atom stereocenters. The Bertz CT molecular complexity index is 542. The van der Waals surface area contributed by atoms with E-state index in [0.29, 0.717) is 23.4 Å². The average molecular weight is 238 g/mol. The van der Waals surface area contributed by atoms with Crippen LogP contribution in [-0.4, -0.2) is 11.6 Å². The van der Waals surface area contributed by atoms with Gasteiger partial charge in [0, 0.05) is 34.8 Å². The summed E-state index contributed by atoms with van der Waals surface area (Å²) >= 11 is 0. The Kier molecular flexibility index (Phi) is 1.46. The minimum absolute atomic E-state index is 0.0148. The number of rotatable bonds is 0. The number of hydrogen-bond acceptors (Lipinski definition) is 2. The van der Waals surface area contributed by atoms with Gasteiger partial charge in [-0.05, 0) is 24.7 Å². The average Bonchev–Trinajstić information content (AvgIpc) is 3.10. The van der Waals surface area contributed by atoms with Gasteiger partial charge in [0.05, 0.1) is 0 Å². The molecule has 2 nitrogen and oxygen atoms in total. The molecule has 0 amide bonds. The minimum atomic E-state index is -0.0148. The molecule has 1 saturated carbocycles. The number of carbonyl (C=O) groups is 2. The highest BCUT2D eigenvalue weighted by molar-refractivity contribution is 6.16. The van der Waals surface area contributed by atoms with Crippen LogP contribution in [0.25, 0.3) is 0 Å². The first kappa shape index (κ1) is 9.48. The van der Waals surface area contributed by atoms with Crippen LogP contribution in [0.1, 0.15) is 12.8 Å². The van der Waals surface area contributed by atoms with Crippen molar-refractivity contribution in [1.82, 2.24) is 0 Å². The maximum atomic E-state index is 12.7. The number of ketones is 2. The second-order valence-corrected chi connectivity index (χ2v) is 6.39. The zero-order valence-electron chi connectivity index (χ0n) is 10.0. The summed E-state index contributed by atoms with van der Waals surface area (Å²) in [7, 11) is 0. The Morgan fingerprint density at radius 1 is 0.722 bits per heavy atom. The zero-order chi connectivity index (χ0) is 12.0. The highest BCUT2D eigenvalue weighted by Crippen LogP contribution is 2.57. The summed E-state index contributed by atoms with van der Waals surface area (Å²) in [4.78, 5) is 25.5. The van der Waals surface area contributed by atoms with Crippen molar-refractivity contribution in [3.63, 3.8) is 0 Å². The number of allylic oxidation sites excluding steroid dienone is 6. The fourth-order valence-corrected chi connectivity index (χ4v) is 5.05. The van der Waals surface area contributed by atoms with Crippen molar-refractivity contribution < 1.29 is 9.59 Å². The normalized spacial score (nSPS) is 50.4. The van der Waals surface area contributed by atoms with Gasteiger partial charge in [0.25, 0.3) is 0 Å². The molecule has 6 atom stereocenters. The molecule has 0 aromatic rings. The molecule has 5 aliphatic rings. The molecule has 0 radical (unpaired) electrons. The fraction of sp³-hybridized carbons (Fsp3) is 0.500. The van der Waals surface area contributed by atoms with E-state index in [1.165, 1.54) is 0 Å². The second kappa shape index (κ2) is 2.76. The van der Waals surface area contributed by atoms with Gasteiger partial charge in [-0.2, -0.15) is 0 Å². The monoisotopic (exact) mass is 238 g/mol. The minimum Gasteiger partial charge on any atom is -0.294 e. The van der Waals surface area contributed by atoms with Crippen molar-refractivity contribution in [2.24, 2.45) is 35.5 Å². The largest absolute Gasteiger partial charge is 0.294 e. The summed E-state index contributed by atoms with van der Waals surface area (Å²) in [6.07, 6.45) is 10.6. The van der Waals surface area contributed by atoms with Crippen LogP contribution in [0, 0.1) is 35.5 Å². The molecule has 90 valence electrons. The van der Waals surface area contributed by atoms with Gasteiger partial charge in [0.1, 0.15) is 0 Å². The van der Waals surface area contributed by atoms with Crippen LogP contribution >= 0.6 is 0 Å². The van der Waals surface area contributed by atoms with E-state index in [9.17, 15) is 9.59 Å². The number of fused-ring (bicyclic) bond motifs is 9. The maximum Gasteiger partial charge on any atom is 0.164 e. The van der Waals surface area contributed by atoms with Crippen LogP contribution in [0.15, 0.2) is 35.5 Å². The first-order valence-corrected chi connectivity index (χ1v) is 6.95. The van der Waals surface area contributed by atoms with Crippen molar-refractivity contribution >= 4 is 11.6 Å². The van der Waals surface area contributed by atoms with Gasteiger partial charge in [-0.3, -0.25) is 9.59 Å². The number of hydrogen-bond donors (Lipinski definition) is 0. The lowest BCUT2D eigenvalue weighted by atomic mass is 9.67. The first-order valence-electron chi connectivity index (χ1n) is 6.95. The predicted molar refractivity (Wildman–Crippen MR) is 65.5 cm³/mol. The predicted octanol–water partition coefficient (Wildman–Crippen LogP) is 2.08. The van der Waals surface area contributed by atoms with Crippen molar-refractivity contribution in [3.8, 4) is 0 Å². The summed E-state index contributed by atoms with van der Waals surface area (Å²) in [6.45, 7) is 0. The highest BCUT2D eigenvalue weighted by Gasteiger charge is 2.58. The lowest BCUT2D eigenvalue weighted by molar-refractivity contribution is -0.131. The van der Waals surface area contributed by atoms with Crippen LogP contribution in [0.5, 0.6) is 0 Å². The molecule has 0 N–H and O–H groups in total. The van der Waals surface area contributed by atoms with E-state index in [1.807, 2.05) is 0 Å². The van der Waals surface area contributed by atoms with Crippen molar-refractivity contribution in [3.05, 3.63) is 35.5 Å². The van der Waals surface area contributed by atoms with E-state index in [1.54, 1.807) is 0 Å². The lowest BCUT2D eigenvalue weighted by Gasteiger charge is -2.33. The van der Waals surface area contributed by atoms with Crippen molar-refractivity contribution in [2.45, 2.75) is 12.8 Å². The summed E-state index contributed by atoms with van der Waals surface area (Å²) in [6, 6.07) is 0. The zero-order valence-corrected chi connectivity index (χ0v) is 10.0. The summed E-state index contributed by atoms with van der Waals surface area (Å²) < 4.78 is 0. The Labute approximate surface area is 105 Å². The Balaban J connectivity index is 1.71. The van der Waals surface area contributed by atoms with Gasteiger partial charge in [-0.25, -0.2) is 0 Å². The standard InChI is InChI=1S/C16H14O2/c17-15-11-7-1-2-8(5-7)12(11)16(18)14-10-4-3-9(6-10)13(14)15/h1-4,7-12H,5-6H2. The Morgan fingerprint density at radius 2 is 1.22 bits per heavy atom. The van der Waals surface area contributed by atoms with E-state index in [4.69, 9.17) is 0 Å². The van der Waals surface area contributed by atoms with E-state index in [-0.39, 0.29) is 23.7 Å². The second-order valence-electron chi connectivity index (χ2n) is 6.39. The van der Waals surface area contributed by atoms with Crippen LogP contribution in [0.3, 0.4) is 0 Å². The Hall–Kier alpha value is -1.44. The van der Waals surface area contributed by atoms with Crippen LogP contribution < -0.4 is 0 Å². The molecular formula is C16H14O2. The molecule has 1 fully saturated rings. The third-order valence-corrected chi connectivity index (χ3v) is 5.71. The smallest absolute Gasteiger partial charge is 0.164 e. The molecule has 0 heterocycles. The van der Waals surface area contributed by atoms with Crippen LogP contribution in [0.4, 0.5) is 0 Å². The van der Waals surface area contributed by atoms with E-state index in [2.05, 4.69) is 24.3 Å². The fourth-order valence-electron chi connectivity index (χ4n) is 5.05. The van der Waals surface area contributed by atoms with Gasteiger partial charge in [0.2, 0.25) is 0 Å². The van der Waals surface area contributed by atoms with Crippen molar-refractivity contribution in [2.75, 3.05) is 0 Å². The molecule has 0 spiro atoms. The molecule has 4 bridgehead atoms. The summed E-state index contributed by atoms with van der Waals surface area (Å²) in [5, 5.41) is 0. The summed E-state index contributed by atoms with van der Waals surface area (Å²) in [5.74, 6) is 1.78. The number of carbonyl (C=O) groups excluding carboxylic acids is 2. The van der Waals surface area contributed by atoms with E-state index >= 15 is 0 Å². The van der Waals surface area contributed by atoms with Gasteiger partial charge >= 0.3 is 0 Å². The third-order valence-electron chi connectivity index (χ3n) is 5.71. The lowest BCUT2D eigenvalue weighted by Crippen LogP contribution is -2.41. The molecule has 0 saturated heterocycles. The van der Waals surface area contributed by atoms with Gasteiger partial charge in [-0.15, -0.1) is 0 Å². The molecule has 0 aromatic carbocycles. The SMILES string of the molecule is O=C1C2=C(C(=O)C3C4C=CC(C4)C13)C1C=CC2C1. The summed E-state index contributed by atoms with van der Waals surface area (Å²) in [5.41, 5.74) is 1.80. The molecule has 18 heavy (non-hydrogen) atoms.